The molecule has 1 aromatic carbocycles. The predicted octanol–water partition coefficient (Wildman–Crippen LogP) is 3.18. The van der Waals surface area contributed by atoms with Gasteiger partial charge in [0, 0.05) is 13.1 Å². The zero-order chi connectivity index (χ0) is 15.2. The highest BCUT2D eigenvalue weighted by Crippen LogP contribution is 2.25. The van der Waals surface area contributed by atoms with Gasteiger partial charge in [0.05, 0.1) is 17.1 Å². The first-order chi connectivity index (χ1) is 10.2. The lowest BCUT2D eigenvalue weighted by molar-refractivity contribution is 0.200. The molecule has 116 valence electrons. The van der Waals surface area contributed by atoms with Crippen molar-refractivity contribution in [3.05, 3.63) is 30.1 Å². The molecule has 0 saturated heterocycles. The molecule has 2 N–H and O–H groups in total. The highest BCUT2D eigenvalue weighted by molar-refractivity contribution is 5.76. The Morgan fingerprint density at radius 2 is 1.86 bits per heavy atom. The Hall–Kier alpha value is -1.39. The van der Waals surface area contributed by atoms with Crippen LogP contribution in [0.3, 0.4) is 0 Å². The first-order valence-corrected chi connectivity index (χ1v) is 8.12. The molecule has 0 spiro atoms. The van der Waals surface area contributed by atoms with E-state index in [9.17, 15) is 0 Å². The van der Waals surface area contributed by atoms with E-state index < -0.39 is 0 Å². The maximum Gasteiger partial charge on any atom is 0.127 e. The Labute approximate surface area is 128 Å². The number of nitrogens with zero attached hydrogens (tertiary/aromatic N) is 3. The second-order valence-electron chi connectivity index (χ2n) is 5.61. The minimum Gasteiger partial charge on any atom is -0.329 e. The molecule has 0 radical (unpaired) electrons. The summed E-state index contributed by atoms with van der Waals surface area (Å²) in [6.07, 6.45) is 2.34. The van der Waals surface area contributed by atoms with Crippen molar-refractivity contribution in [2.24, 2.45) is 5.73 Å². The zero-order valence-electron chi connectivity index (χ0n) is 13.5. The van der Waals surface area contributed by atoms with Crippen LogP contribution in [0.4, 0.5) is 0 Å². The minimum absolute atomic E-state index is 0.323. The lowest BCUT2D eigenvalue weighted by atomic mass is 10.2. The van der Waals surface area contributed by atoms with Gasteiger partial charge in [-0.1, -0.05) is 26.0 Å². The summed E-state index contributed by atoms with van der Waals surface area (Å²) in [5, 5.41) is 0. The van der Waals surface area contributed by atoms with Crippen LogP contribution in [0.25, 0.3) is 11.0 Å². The molecule has 1 unspecified atom stereocenters. The largest absolute Gasteiger partial charge is 0.329 e. The monoisotopic (exact) mass is 288 g/mol. The van der Waals surface area contributed by atoms with E-state index in [4.69, 9.17) is 10.7 Å². The molecule has 1 aromatic heterocycles. The highest BCUT2D eigenvalue weighted by Gasteiger charge is 2.21. The highest BCUT2D eigenvalue weighted by atomic mass is 15.2. The lowest BCUT2D eigenvalue weighted by Crippen LogP contribution is -2.31. The molecule has 21 heavy (non-hydrogen) atoms. The first-order valence-electron chi connectivity index (χ1n) is 8.12. The fourth-order valence-electron chi connectivity index (χ4n) is 3.01. The van der Waals surface area contributed by atoms with Crippen LogP contribution in [0.2, 0.25) is 0 Å². The molecule has 1 heterocycles. The van der Waals surface area contributed by atoms with E-state index in [0.29, 0.717) is 12.6 Å². The van der Waals surface area contributed by atoms with Gasteiger partial charge in [0.15, 0.2) is 0 Å². The van der Waals surface area contributed by atoms with Gasteiger partial charge in [0.25, 0.3) is 0 Å². The van der Waals surface area contributed by atoms with E-state index in [0.717, 1.165) is 31.0 Å². The number of benzene rings is 1. The van der Waals surface area contributed by atoms with Crippen molar-refractivity contribution in [2.75, 3.05) is 19.6 Å². The van der Waals surface area contributed by atoms with Gasteiger partial charge >= 0.3 is 0 Å². The first kappa shape index (κ1) is 16.0. The maximum absolute atomic E-state index is 5.81. The summed E-state index contributed by atoms with van der Waals surface area (Å²) in [5.41, 5.74) is 8.07. The molecule has 0 bridgehead atoms. The van der Waals surface area contributed by atoms with Gasteiger partial charge < -0.3 is 10.3 Å². The summed E-state index contributed by atoms with van der Waals surface area (Å²) < 4.78 is 2.29. The quantitative estimate of drug-likeness (QED) is 0.811. The maximum atomic E-state index is 5.81. The van der Waals surface area contributed by atoms with Crippen LogP contribution in [0, 0.1) is 0 Å². The summed E-state index contributed by atoms with van der Waals surface area (Å²) in [6, 6.07) is 8.66. The lowest BCUT2D eigenvalue weighted by Gasteiger charge is -2.28. The molecule has 4 heteroatoms. The van der Waals surface area contributed by atoms with Crippen LogP contribution < -0.4 is 5.73 Å². The Balaban J connectivity index is 2.40. The van der Waals surface area contributed by atoms with Gasteiger partial charge in [-0.2, -0.15) is 0 Å². The number of nitrogens with two attached hydrogens (primary N) is 1. The summed E-state index contributed by atoms with van der Waals surface area (Å²) >= 11 is 0. The van der Waals surface area contributed by atoms with E-state index in [-0.39, 0.29) is 0 Å². The molecule has 0 aliphatic rings. The van der Waals surface area contributed by atoms with Gasteiger partial charge in [0.1, 0.15) is 5.82 Å². The van der Waals surface area contributed by atoms with E-state index in [1.54, 1.807) is 0 Å². The Kier molecular flexibility index (Phi) is 5.76. The summed E-state index contributed by atoms with van der Waals surface area (Å²) in [4.78, 5) is 7.40. The summed E-state index contributed by atoms with van der Waals surface area (Å²) in [6.45, 7) is 10.4. The number of fused-ring (bicyclic) bond motifs is 1. The fraction of sp³-hybridized carbons (Fsp3) is 0.588. The Bertz CT molecular complexity index is 555. The fourth-order valence-corrected chi connectivity index (χ4v) is 3.01. The Morgan fingerprint density at radius 1 is 1.19 bits per heavy atom. The average molecular weight is 288 g/mol. The predicted molar refractivity (Wildman–Crippen MR) is 89.4 cm³/mol. The third-order valence-corrected chi connectivity index (χ3v) is 3.98. The van der Waals surface area contributed by atoms with E-state index in [1.807, 2.05) is 6.07 Å². The van der Waals surface area contributed by atoms with Crippen molar-refractivity contribution >= 4 is 11.0 Å². The smallest absolute Gasteiger partial charge is 0.127 e. The number of hydrogen-bond acceptors (Lipinski definition) is 3. The van der Waals surface area contributed by atoms with E-state index >= 15 is 0 Å². The van der Waals surface area contributed by atoms with E-state index in [1.165, 1.54) is 18.4 Å². The molecule has 0 amide bonds. The molecule has 4 nitrogen and oxygen atoms in total. The second kappa shape index (κ2) is 7.57. The van der Waals surface area contributed by atoms with Crippen molar-refractivity contribution in [1.29, 1.82) is 0 Å². The molecule has 0 fully saturated rings. The van der Waals surface area contributed by atoms with Crippen LogP contribution in [-0.2, 0) is 6.54 Å². The average Bonchev–Trinajstić information content (AvgIpc) is 2.86. The summed E-state index contributed by atoms with van der Waals surface area (Å²) in [7, 11) is 0. The van der Waals surface area contributed by atoms with Crippen LogP contribution in [0.5, 0.6) is 0 Å². The van der Waals surface area contributed by atoms with Gasteiger partial charge in [-0.3, -0.25) is 4.90 Å². The van der Waals surface area contributed by atoms with Gasteiger partial charge in [0.2, 0.25) is 0 Å². The van der Waals surface area contributed by atoms with Gasteiger partial charge in [-0.15, -0.1) is 0 Å². The molecule has 1 atom stereocenters. The molecular weight excluding hydrogens is 260 g/mol. The third-order valence-electron chi connectivity index (χ3n) is 3.98. The molecule has 0 aliphatic carbocycles. The van der Waals surface area contributed by atoms with Crippen molar-refractivity contribution in [3.63, 3.8) is 0 Å². The van der Waals surface area contributed by atoms with Crippen molar-refractivity contribution in [2.45, 2.75) is 46.2 Å². The number of para-hydroxylation sites is 2. The normalized spacial score (nSPS) is 13.2. The SMILES string of the molecule is CCCN(CCC)C(C)c1nc2ccccc2n1CCN. The molecule has 2 rings (SSSR count). The summed E-state index contributed by atoms with van der Waals surface area (Å²) in [5.74, 6) is 1.14. The Morgan fingerprint density at radius 3 is 2.48 bits per heavy atom. The topological polar surface area (TPSA) is 47.1 Å². The molecule has 2 aromatic rings. The van der Waals surface area contributed by atoms with Crippen LogP contribution >= 0.6 is 0 Å². The number of aromatic nitrogens is 2. The van der Waals surface area contributed by atoms with E-state index in [2.05, 4.69) is 48.4 Å². The van der Waals surface area contributed by atoms with Crippen molar-refractivity contribution in [3.8, 4) is 0 Å². The van der Waals surface area contributed by atoms with Crippen LogP contribution in [-0.4, -0.2) is 34.1 Å². The number of rotatable bonds is 8. The van der Waals surface area contributed by atoms with Crippen LogP contribution in [0.15, 0.2) is 24.3 Å². The molecule has 0 aliphatic heterocycles. The van der Waals surface area contributed by atoms with Gasteiger partial charge in [-0.05, 0) is 45.0 Å². The van der Waals surface area contributed by atoms with Crippen molar-refractivity contribution < 1.29 is 0 Å². The van der Waals surface area contributed by atoms with Gasteiger partial charge in [-0.25, -0.2) is 4.98 Å². The molecular formula is C17H28N4. The van der Waals surface area contributed by atoms with Crippen molar-refractivity contribution in [1.82, 2.24) is 14.5 Å². The number of imidazole rings is 1. The third kappa shape index (κ3) is 3.44. The standard InChI is InChI=1S/C17H28N4/c1-4-11-20(12-5-2)14(3)17-19-15-8-6-7-9-16(15)21(17)13-10-18/h6-9,14H,4-5,10-13,18H2,1-3H3. The second-order valence-corrected chi connectivity index (χ2v) is 5.61. The minimum atomic E-state index is 0.323. The number of hydrogen-bond donors (Lipinski definition) is 1. The van der Waals surface area contributed by atoms with Crippen LogP contribution in [0.1, 0.15) is 45.5 Å². The molecule has 0 saturated carbocycles. The zero-order valence-corrected chi connectivity index (χ0v) is 13.5.